The molecule has 0 amide bonds. The van der Waals surface area contributed by atoms with Crippen LogP contribution in [0.15, 0.2) is 6.20 Å². The first-order chi connectivity index (χ1) is 7.24. The van der Waals surface area contributed by atoms with Gasteiger partial charge in [-0.3, -0.25) is 4.68 Å². The van der Waals surface area contributed by atoms with Crippen LogP contribution in [0.1, 0.15) is 37.3 Å². The van der Waals surface area contributed by atoms with Crippen molar-refractivity contribution in [3.63, 3.8) is 0 Å². The minimum atomic E-state index is 0.503. The van der Waals surface area contributed by atoms with Gasteiger partial charge in [0.2, 0.25) is 0 Å². The Hall–Kier alpha value is -0.540. The third-order valence-electron chi connectivity index (χ3n) is 3.50. The zero-order valence-electron chi connectivity index (χ0n) is 9.12. The fourth-order valence-electron chi connectivity index (χ4n) is 2.69. The molecule has 0 bridgehead atoms. The van der Waals surface area contributed by atoms with Gasteiger partial charge in [0.05, 0.1) is 16.9 Å². The second kappa shape index (κ2) is 4.54. The first kappa shape index (κ1) is 11.0. The van der Waals surface area contributed by atoms with Crippen LogP contribution in [0.2, 0.25) is 5.02 Å². The van der Waals surface area contributed by atoms with Crippen LogP contribution in [0.25, 0.3) is 0 Å². The quantitative estimate of drug-likeness (QED) is 0.843. The predicted octanol–water partition coefficient (Wildman–Crippen LogP) is 2.31. The van der Waals surface area contributed by atoms with Crippen molar-refractivity contribution in [2.24, 2.45) is 18.7 Å². The summed E-state index contributed by atoms with van der Waals surface area (Å²) >= 11 is 6.18. The zero-order chi connectivity index (χ0) is 10.8. The largest absolute Gasteiger partial charge is 0.330 e. The fourth-order valence-corrected chi connectivity index (χ4v) is 2.99. The maximum atomic E-state index is 6.18. The third-order valence-corrected chi connectivity index (χ3v) is 3.79. The first-order valence-corrected chi connectivity index (χ1v) is 5.99. The van der Waals surface area contributed by atoms with Crippen LogP contribution < -0.4 is 5.73 Å². The lowest BCUT2D eigenvalue weighted by Gasteiger charge is -2.30. The molecule has 0 spiro atoms. The lowest BCUT2D eigenvalue weighted by molar-refractivity contribution is 0.303. The topological polar surface area (TPSA) is 43.8 Å². The molecule has 84 valence electrons. The molecule has 0 aromatic carbocycles. The van der Waals surface area contributed by atoms with Crippen molar-refractivity contribution in [1.82, 2.24) is 9.78 Å². The second-order valence-electron chi connectivity index (χ2n) is 4.39. The summed E-state index contributed by atoms with van der Waals surface area (Å²) < 4.78 is 1.90. The van der Waals surface area contributed by atoms with Crippen LogP contribution in [0.4, 0.5) is 0 Å². The van der Waals surface area contributed by atoms with E-state index in [1.54, 1.807) is 6.20 Å². The molecule has 1 aliphatic carbocycles. The Labute approximate surface area is 95.6 Å². The summed E-state index contributed by atoms with van der Waals surface area (Å²) in [5.74, 6) is 1.08. The summed E-state index contributed by atoms with van der Waals surface area (Å²) in [7, 11) is 1.96. The van der Waals surface area contributed by atoms with E-state index in [9.17, 15) is 0 Å². The highest BCUT2D eigenvalue weighted by Gasteiger charge is 2.29. The average Bonchev–Trinajstić information content (AvgIpc) is 2.59. The van der Waals surface area contributed by atoms with E-state index in [2.05, 4.69) is 5.10 Å². The molecule has 1 aromatic rings. The molecule has 15 heavy (non-hydrogen) atoms. The predicted molar refractivity (Wildman–Crippen MR) is 62.0 cm³/mol. The maximum Gasteiger partial charge on any atom is 0.0820 e. The molecule has 0 aliphatic heterocycles. The van der Waals surface area contributed by atoms with Crippen LogP contribution in [0.3, 0.4) is 0 Å². The van der Waals surface area contributed by atoms with E-state index in [1.165, 1.54) is 31.4 Å². The molecule has 0 radical (unpaired) electrons. The number of hydrogen-bond donors (Lipinski definition) is 1. The molecule has 2 rings (SSSR count). The molecule has 2 N–H and O–H groups in total. The van der Waals surface area contributed by atoms with Crippen LogP contribution in [0, 0.1) is 5.92 Å². The van der Waals surface area contributed by atoms with Gasteiger partial charge >= 0.3 is 0 Å². The van der Waals surface area contributed by atoms with Gasteiger partial charge < -0.3 is 5.73 Å². The highest BCUT2D eigenvalue weighted by atomic mass is 35.5. The molecule has 3 nitrogen and oxygen atoms in total. The highest BCUT2D eigenvalue weighted by molar-refractivity contribution is 6.31. The Morgan fingerprint density at radius 2 is 2.27 bits per heavy atom. The van der Waals surface area contributed by atoms with Gasteiger partial charge in [-0.05, 0) is 25.3 Å². The zero-order valence-corrected chi connectivity index (χ0v) is 9.87. The normalized spacial score (nSPS) is 26.9. The average molecular weight is 228 g/mol. The fraction of sp³-hybridized carbons (Fsp3) is 0.727. The van der Waals surface area contributed by atoms with E-state index in [0.717, 1.165) is 11.6 Å². The number of nitrogens with zero attached hydrogens (tertiary/aromatic N) is 2. The maximum absolute atomic E-state index is 6.18. The summed E-state index contributed by atoms with van der Waals surface area (Å²) in [6, 6.07) is 0. The Kier molecular flexibility index (Phi) is 3.32. The van der Waals surface area contributed by atoms with Crippen LogP contribution in [-0.4, -0.2) is 16.3 Å². The molecule has 1 aliphatic rings. The summed E-state index contributed by atoms with van der Waals surface area (Å²) in [6.45, 7) is 0.756. The van der Waals surface area contributed by atoms with E-state index in [4.69, 9.17) is 17.3 Å². The smallest absolute Gasteiger partial charge is 0.0820 e. The molecule has 0 saturated heterocycles. The van der Waals surface area contributed by atoms with Gasteiger partial charge in [-0.2, -0.15) is 5.10 Å². The third kappa shape index (κ3) is 2.04. The van der Waals surface area contributed by atoms with Crippen molar-refractivity contribution in [1.29, 1.82) is 0 Å². The van der Waals surface area contributed by atoms with Gasteiger partial charge in [-0.25, -0.2) is 0 Å². The lowest BCUT2D eigenvalue weighted by Crippen LogP contribution is -2.26. The number of aryl methyl sites for hydroxylation is 1. The summed E-state index contributed by atoms with van der Waals surface area (Å²) in [5, 5.41) is 5.00. The molecule has 1 fully saturated rings. The molecule has 1 heterocycles. The Balaban J connectivity index is 2.27. The van der Waals surface area contributed by atoms with Crippen molar-refractivity contribution in [2.75, 3.05) is 6.54 Å². The van der Waals surface area contributed by atoms with E-state index >= 15 is 0 Å². The monoisotopic (exact) mass is 227 g/mol. The van der Waals surface area contributed by atoms with Gasteiger partial charge in [0.25, 0.3) is 0 Å². The van der Waals surface area contributed by atoms with Gasteiger partial charge in [0, 0.05) is 13.0 Å². The number of nitrogens with two attached hydrogens (primary N) is 1. The van der Waals surface area contributed by atoms with E-state index in [1.807, 2.05) is 11.7 Å². The van der Waals surface area contributed by atoms with Gasteiger partial charge in [0.1, 0.15) is 0 Å². The van der Waals surface area contributed by atoms with Gasteiger partial charge in [0.15, 0.2) is 0 Å². The second-order valence-corrected chi connectivity index (χ2v) is 4.80. The number of halogens is 1. The van der Waals surface area contributed by atoms with E-state index in [-0.39, 0.29) is 0 Å². The standard InChI is InChI=1S/C11H18ClN3/c1-15-11(10(12)7-14-15)9-5-3-2-4-8(9)6-13/h7-9H,2-6,13H2,1H3. The number of hydrogen-bond acceptors (Lipinski definition) is 2. The Morgan fingerprint density at radius 1 is 1.53 bits per heavy atom. The molecule has 2 unspecified atom stereocenters. The molecule has 1 saturated carbocycles. The van der Waals surface area contributed by atoms with Crippen molar-refractivity contribution in [3.8, 4) is 0 Å². The van der Waals surface area contributed by atoms with Crippen molar-refractivity contribution >= 4 is 11.6 Å². The van der Waals surface area contributed by atoms with Gasteiger partial charge in [-0.15, -0.1) is 0 Å². The minimum Gasteiger partial charge on any atom is -0.330 e. The molecule has 4 heteroatoms. The SMILES string of the molecule is Cn1ncc(Cl)c1C1CCCCC1CN. The van der Waals surface area contributed by atoms with Crippen LogP contribution in [0.5, 0.6) is 0 Å². The molecule has 2 atom stereocenters. The summed E-state index contributed by atoms with van der Waals surface area (Å²) in [5.41, 5.74) is 7.00. The summed E-state index contributed by atoms with van der Waals surface area (Å²) in [4.78, 5) is 0. The molecular weight excluding hydrogens is 210 g/mol. The van der Waals surface area contributed by atoms with Crippen LogP contribution in [-0.2, 0) is 7.05 Å². The van der Waals surface area contributed by atoms with Crippen molar-refractivity contribution in [3.05, 3.63) is 16.9 Å². The van der Waals surface area contributed by atoms with Gasteiger partial charge in [-0.1, -0.05) is 24.4 Å². The molecule has 1 aromatic heterocycles. The lowest BCUT2D eigenvalue weighted by atomic mass is 9.77. The summed E-state index contributed by atoms with van der Waals surface area (Å²) in [6.07, 6.45) is 6.74. The number of aromatic nitrogens is 2. The number of rotatable bonds is 2. The van der Waals surface area contributed by atoms with Crippen molar-refractivity contribution in [2.45, 2.75) is 31.6 Å². The van der Waals surface area contributed by atoms with E-state index < -0.39 is 0 Å². The Morgan fingerprint density at radius 3 is 2.87 bits per heavy atom. The highest BCUT2D eigenvalue weighted by Crippen LogP contribution is 2.39. The van der Waals surface area contributed by atoms with Crippen LogP contribution >= 0.6 is 11.6 Å². The first-order valence-electron chi connectivity index (χ1n) is 5.61. The molecular formula is C11H18ClN3. The Bertz CT molecular complexity index is 315. The van der Waals surface area contributed by atoms with Crippen molar-refractivity contribution < 1.29 is 0 Å². The van der Waals surface area contributed by atoms with E-state index in [0.29, 0.717) is 11.8 Å². The minimum absolute atomic E-state index is 0.503.